The Balaban J connectivity index is 4.40. The van der Waals surface area contributed by atoms with Crippen LogP contribution in [0.1, 0.15) is 47.0 Å². The van der Waals surface area contributed by atoms with Crippen LogP contribution < -0.4 is 5.84 Å². The highest BCUT2D eigenvalue weighted by Crippen LogP contribution is 2.13. The van der Waals surface area contributed by atoms with Gasteiger partial charge in [-0.3, -0.25) is 0 Å². The van der Waals surface area contributed by atoms with E-state index in [0.29, 0.717) is 12.6 Å². The van der Waals surface area contributed by atoms with E-state index in [2.05, 4.69) is 27.7 Å². The van der Waals surface area contributed by atoms with Crippen LogP contribution in [0.2, 0.25) is 0 Å². The molecule has 0 rings (SSSR count). The summed E-state index contributed by atoms with van der Waals surface area (Å²) in [6.45, 7) is 9.11. The van der Waals surface area contributed by atoms with E-state index >= 15 is 0 Å². The van der Waals surface area contributed by atoms with Crippen molar-refractivity contribution in [2.75, 3.05) is 13.7 Å². The van der Waals surface area contributed by atoms with E-state index in [9.17, 15) is 0 Å². The summed E-state index contributed by atoms with van der Waals surface area (Å²) < 4.78 is 5.21. The van der Waals surface area contributed by atoms with E-state index in [0.717, 1.165) is 12.1 Å². The third-order valence-electron chi connectivity index (χ3n) is 2.75. The molecule has 0 aromatic carbocycles. The average molecular weight is 214 g/mol. The maximum atomic E-state index is 6.08. The highest BCUT2D eigenvalue weighted by molar-refractivity contribution is 5.05. The average Bonchev–Trinajstić information content (AvgIpc) is 2.22. The van der Waals surface area contributed by atoms with Gasteiger partial charge in [-0.25, -0.2) is 5.84 Å². The van der Waals surface area contributed by atoms with Crippen LogP contribution in [0.4, 0.5) is 0 Å². The number of nitrogens with two attached hydrogens (primary N) is 1. The van der Waals surface area contributed by atoms with Gasteiger partial charge in [0, 0.05) is 12.8 Å². The summed E-state index contributed by atoms with van der Waals surface area (Å²) in [5, 5.41) is 1.86. The van der Waals surface area contributed by atoms with E-state index < -0.39 is 0 Å². The van der Waals surface area contributed by atoms with Crippen LogP contribution in [-0.4, -0.2) is 24.8 Å². The van der Waals surface area contributed by atoms with E-state index in [1.807, 2.05) is 5.01 Å². The zero-order valence-electron chi connectivity index (χ0n) is 10.8. The van der Waals surface area contributed by atoms with Gasteiger partial charge in [-0.1, -0.05) is 25.3 Å². The van der Waals surface area contributed by atoms with Crippen molar-refractivity contribution >= 4 is 0 Å². The maximum Gasteiger partial charge on any atom is 0.0682 e. The summed E-state index contributed by atoms with van der Waals surface area (Å²) >= 11 is 0. The number of hydrogen-bond donors (Lipinski definition) is 1. The molecule has 0 heterocycles. The fourth-order valence-electron chi connectivity index (χ4n) is 1.47. The van der Waals surface area contributed by atoms with Gasteiger partial charge >= 0.3 is 0 Å². The summed E-state index contributed by atoms with van der Waals surface area (Å²) in [7, 11) is 1.73. The number of unbranched alkanes of at least 4 members (excludes halogenated alkanes) is 1. The van der Waals surface area contributed by atoms with Gasteiger partial charge in [0.05, 0.1) is 12.6 Å². The molecular weight excluding hydrogens is 188 g/mol. The first kappa shape index (κ1) is 14.5. The maximum absolute atomic E-state index is 6.08. The molecule has 0 aliphatic rings. The second-order valence-corrected chi connectivity index (χ2v) is 4.24. The summed E-state index contributed by atoms with van der Waals surface area (Å²) in [6, 6.07) is 0.296. The Bertz CT molecular complexity index is 198. The minimum Gasteiger partial charge on any atom is -0.382 e. The standard InChI is InChI=1S/C12H26N2O/c1-6-7-8-12(9-15-5)14(13)11(4)10(2)3/h12H,6-9,13H2,1-5H3. The Morgan fingerprint density at radius 1 is 1.33 bits per heavy atom. The molecule has 0 aliphatic carbocycles. The smallest absolute Gasteiger partial charge is 0.0682 e. The van der Waals surface area contributed by atoms with E-state index in [1.165, 1.54) is 18.4 Å². The molecule has 0 aromatic rings. The fourth-order valence-corrected chi connectivity index (χ4v) is 1.47. The van der Waals surface area contributed by atoms with E-state index in [4.69, 9.17) is 10.6 Å². The number of hydrogen-bond acceptors (Lipinski definition) is 3. The van der Waals surface area contributed by atoms with E-state index in [1.54, 1.807) is 7.11 Å². The summed E-state index contributed by atoms with van der Waals surface area (Å²) in [6.07, 6.45) is 3.48. The molecule has 1 atom stereocenters. The number of methoxy groups -OCH3 is 1. The minimum absolute atomic E-state index is 0.296. The zero-order valence-corrected chi connectivity index (χ0v) is 10.8. The number of allylic oxidation sites excluding steroid dienone is 2. The molecule has 0 bridgehead atoms. The molecule has 0 saturated heterocycles. The molecule has 0 amide bonds. The van der Waals surface area contributed by atoms with Crippen molar-refractivity contribution < 1.29 is 4.74 Å². The molecule has 3 heteroatoms. The summed E-state index contributed by atoms with van der Waals surface area (Å²) in [5.41, 5.74) is 2.41. The Morgan fingerprint density at radius 3 is 2.33 bits per heavy atom. The van der Waals surface area contributed by atoms with E-state index in [-0.39, 0.29) is 0 Å². The van der Waals surface area contributed by atoms with Gasteiger partial charge in [0.2, 0.25) is 0 Å². The summed E-state index contributed by atoms with van der Waals surface area (Å²) in [4.78, 5) is 0. The molecule has 2 N–H and O–H groups in total. The third kappa shape index (κ3) is 5.19. The van der Waals surface area contributed by atoms with Gasteiger partial charge in [0.15, 0.2) is 0 Å². The Kier molecular flexibility index (Phi) is 7.44. The molecule has 0 radical (unpaired) electrons. The second-order valence-electron chi connectivity index (χ2n) is 4.24. The van der Waals surface area contributed by atoms with Crippen LogP contribution in [0.15, 0.2) is 11.3 Å². The third-order valence-corrected chi connectivity index (χ3v) is 2.75. The number of rotatable bonds is 7. The molecule has 0 aliphatic heterocycles. The van der Waals surface area contributed by atoms with Crippen molar-refractivity contribution in [3.8, 4) is 0 Å². The van der Waals surface area contributed by atoms with Crippen molar-refractivity contribution in [2.24, 2.45) is 5.84 Å². The lowest BCUT2D eigenvalue weighted by molar-refractivity contribution is 0.104. The van der Waals surface area contributed by atoms with Gasteiger partial charge in [-0.15, -0.1) is 0 Å². The highest BCUT2D eigenvalue weighted by atomic mass is 16.5. The first-order valence-electron chi connectivity index (χ1n) is 5.71. The zero-order chi connectivity index (χ0) is 11.8. The lowest BCUT2D eigenvalue weighted by Crippen LogP contribution is -2.42. The molecule has 15 heavy (non-hydrogen) atoms. The Hall–Kier alpha value is -0.540. The molecule has 90 valence electrons. The highest BCUT2D eigenvalue weighted by Gasteiger charge is 2.15. The van der Waals surface area contributed by atoms with Gasteiger partial charge in [0.25, 0.3) is 0 Å². The molecule has 0 saturated carbocycles. The molecule has 0 aromatic heterocycles. The van der Waals surface area contributed by atoms with Crippen LogP contribution in [0.25, 0.3) is 0 Å². The van der Waals surface area contributed by atoms with Crippen LogP contribution in [0.5, 0.6) is 0 Å². The molecule has 3 nitrogen and oxygen atoms in total. The largest absolute Gasteiger partial charge is 0.382 e. The predicted octanol–water partition coefficient (Wildman–Crippen LogP) is 2.68. The van der Waals surface area contributed by atoms with Crippen molar-refractivity contribution in [3.63, 3.8) is 0 Å². The molecular formula is C12H26N2O. The first-order valence-corrected chi connectivity index (χ1v) is 5.71. The molecule has 0 fully saturated rings. The lowest BCUT2D eigenvalue weighted by Gasteiger charge is -2.30. The van der Waals surface area contributed by atoms with Gasteiger partial charge in [-0.2, -0.15) is 0 Å². The van der Waals surface area contributed by atoms with Gasteiger partial charge in [0.1, 0.15) is 0 Å². The summed E-state index contributed by atoms with van der Waals surface area (Å²) in [5.74, 6) is 6.08. The Labute approximate surface area is 94.2 Å². The molecule has 1 unspecified atom stereocenters. The number of hydrazine groups is 1. The minimum atomic E-state index is 0.296. The van der Waals surface area contributed by atoms with Crippen molar-refractivity contribution in [2.45, 2.75) is 53.0 Å². The normalized spacial score (nSPS) is 12.4. The van der Waals surface area contributed by atoms with Crippen molar-refractivity contribution in [1.82, 2.24) is 5.01 Å². The second kappa shape index (κ2) is 7.71. The SMILES string of the molecule is CCCCC(COC)N(N)C(C)=C(C)C. The number of ether oxygens (including phenoxy) is 1. The van der Waals surface area contributed by atoms with Crippen LogP contribution in [0, 0.1) is 0 Å². The predicted molar refractivity (Wildman–Crippen MR) is 65.3 cm³/mol. The first-order chi connectivity index (χ1) is 7.04. The lowest BCUT2D eigenvalue weighted by atomic mass is 10.1. The van der Waals surface area contributed by atoms with Crippen LogP contribution in [-0.2, 0) is 4.74 Å². The van der Waals surface area contributed by atoms with Crippen LogP contribution in [0.3, 0.4) is 0 Å². The quantitative estimate of drug-likeness (QED) is 0.523. The fraction of sp³-hybridized carbons (Fsp3) is 0.833. The monoisotopic (exact) mass is 214 g/mol. The topological polar surface area (TPSA) is 38.5 Å². The molecule has 0 spiro atoms. The van der Waals surface area contributed by atoms with Gasteiger partial charge < -0.3 is 9.75 Å². The van der Waals surface area contributed by atoms with Crippen LogP contribution >= 0.6 is 0 Å². The Morgan fingerprint density at radius 2 is 1.93 bits per heavy atom. The van der Waals surface area contributed by atoms with Gasteiger partial charge in [-0.05, 0) is 27.2 Å². The van der Waals surface area contributed by atoms with Crippen molar-refractivity contribution in [1.29, 1.82) is 0 Å². The van der Waals surface area contributed by atoms with Crippen molar-refractivity contribution in [3.05, 3.63) is 11.3 Å². The number of nitrogens with zero attached hydrogens (tertiary/aromatic N) is 1.